The summed E-state index contributed by atoms with van der Waals surface area (Å²) >= 11 is 0. The Kier molecular flexibility index (Phi) is 6.46. The van der Waals surface area contributed by atoms with Gasteiger partial charge in [-0.25, -0.2) is 4.79 Å². The second kappa shape index (κ2) is 9.20. The predicted molar refractivity (Wildman–Crippen MR) is 105 cm³/mol. The Morgan fingerprint density at radius 3 is 2.72 bits per heavy atom. The number of carbonyl (C=O) groups is 3. The molecule has 1 N–H and O–H groups in total. The van der Waals surface area contributed by atoms with Crippen LogP contribution >= 0.6 is 0 Å². The molecule has 0 saturated carbocycles. The summed E-state index contributed by atoms with van der Waals surface area (Å²) in [5, 5.41) is 2.51. The number of carbonyl (C=O) groups excluding carboxylic acids is 3. The molecule has 1 aliphatic rings. The van der Waals surface area contributed by atoms with Gasteiger partial charge in [0.1, 0.15) is 5.75 Å². The summed E-state index contributed by atoms with van der Waals surface area (Å²) < 4.78 is 15.9. The molecule has 0 radical (unpaired) electrons. The van der Waals surface area contributed by atoms with Gasteiger partial charge in [-0.3, -0.25) is 9.59 Å². The lowest BCUT2D eigenvalue weighted by molar-refractivity contribution is -0.128. The van der Waals surface area contributed by atoms with Gasteiger partial charge in [0.15, 0.2) is 12.7 Å². The molecule has 0 spiro atoms. The molecule has 0 fully saturated rings. The molecule has 8 heteroatoms. The van der Waals surface area contributed by atoms with E-state index < -0.39 is 24.6 Å². The molecule has 0 saturated heterocycles. The molecule has 0 aliphatic carbocycles. The molecule has 0 aromatic heterocycles. The number of ether oxygens (including phenoxy) is 3. The molecule has 0 bridgehead atoms. The van der Waals surface area contributed by atoms with Gasteiger partial charge in [0.25, 0.3) is 11.8 Å². The number of nitrogens with one attached hydrogen (secondary N) is 1. The molecular formula is C21H22N2O6. The van der Waals surface area contributed by atoms with E-state index in [0.29, 0.717) is 23.6 Å². The van der Waals surface area contributed by atoms with Crippen molar-refractivity contribution >= 4 is 23.5 Å². The highest BCUT2D eigenvalue weighted by Gasteiger charge is 2.33. The molecule has 29 heavy (non-hydrogen) atoms. The molecule has 1 heterocycles. The molecular weight excluding hydrogens is 376 g/mol. The van der Waals surface area contributed by atoms with Gasteiger partial charge in [0.2, 0.25) is 0 Å². The zero-order valence-corrected chi connectivity index (χ0v) is 16.2. The third kappa shape index (κ3) is 4.72. The third-order valence-corrected chi connectivity index (χ3v) is 4.41. The molecule has 8 nitrogen and oxygen atoms in total. The number of esters is 1. The second-order valence-electron chi connectivity index (χ2n) is 6.40. The van der Waals surface area contributed by atoms with E-state index in [9.17, 15) is 14.4 Å². The van der Waals surface area contributed by atoms with Crippen LogP contribution in [0.1, 0.15) is 15.9 Å². The first-order valence-electron chi connectivity index (χ1n) is 9.06. The fraction of sp³-hybridized carbons (Fsp3) is 0.286. The largest absolute Gasteiger partial charge is 0.477 e. The van der Waals surface area contributed by atoms with Crippen LogP contribution in [0, 0.1) is 0 Å². The number of likely N-dealkylation sites (N-methyl/N-ethyl adjacent to an activating group) is 1. The summed E-state index contributed by atoms with van der Waals surface area (Å²) in [6.45, 7) is -0.0655. The number of methoxy groups -OCH3 is 1. The number of para-hydroxylation sites is 2. The first kappa shape index (κ1) is 20.3. The van der Waals surface area contributed by atoms with Crippen LogP contribution in [0.3, 0.4) is 0 Å². The number of benzene rings is 2. The van der Waals surface area contributed by atoms with Crippen molar-refractivity contribution in [1.29, 1.82) is 0 Å². The van der Waals surface area contributed by atoms with Gasteiger partial charge in [0.05, 0.1) is 24.4 Å². The molecule has 1 unspecified atom stereocenters. The minimum atomic E-state index is -0.847. The number of hydrogen-bond donors (Lipinski definition) is 1. The SMILES string of the molecule is CNC(=O)C1CN(C(=O)COC(=O)c2cccc(COC)c2)c2ccccc2O1. The number of anilines is 1. The highest BCUT2D eigenvalue weighted by atomic mass is 16.5. The van der Waals surface area contributed by atoms with Crippen molar-refractivity contribution < 1.29 is 28.6 Å². The average molecular weight is 398 g/mol. The Labute approximate surface area is 168 Å². The maximum absolute atomic E-state index is 12.8. The van der Waals surface area contributed by atoms with E-state index in [2.05, 4.69) is 5.32 Å². The van der Waals surface area contributed by atoms with Crippen molar-refractivity contribution in [2.45, 2.75) is 12.7 Å². The second-order valence-corrected chi connectivity index (χ2v) is 6.40. The van der Waals surface area contributed by atoms with Crippen molar-refractivity contribution in [3.05, 3.63) is 59.7 Å². The van der Waals surface area contributed by atoms with E-state index in [-0.39, 0.29) is 12.5 Å². The monoisotopic (exact) mass is 398 g/mol. The Morgan fingerprint density at radius 1 is 1.17 bits per heavy atom. The van der Waals surface area contributed by atoms with E-state index in [1.54, 1.807) is 49.6 Å². The highest BCUT2D eigenvalue weighted by Crippen LogP contribution is 2.33. The maximum atomic E-state index is 12.8. The van der Waals surface area contributed by atoms with Crippen molar-refractivity contribution in [2.75, 3.05) is 32.2 Å². The minimum Gasteiger partial charge on any atom is -0.477 e. The third-order valence-electron chi connectivity index (χ3n) is 4.41. The van der Waals surface area contributed by atoms with Crippen LogP contribution in [0.4, 0.5) is 5.69 Å². The van der Waals surface area contributed by atoms with E-state index in [0.717, 1.165) is 5.56 Å². The Morgan fingerprint density at radius 2 is 1.97 bits per heavy atom. The zero-order chi connectivity index (χ0) is 20.8. The van der Waals surface area contributed by atoms with Gasteiger partial charge in [-0.15, -0.1) is 0 Å². The van der Waals surface area contributed by atoms with Crippen LogP contribution < -0.4 is 15.0 Å². The average Bonchev–Trinajstić information content (AvgIpc) is 2.76. The maximum Gasteiger partial charge on any atom is 0.338 e. The summed E-state index contributed by atoms with van der Waals surface area (Å²) in [5.74, 6) is -0.986. The summed E-state index contributed by atoms with van der Waals surface area (Å²) in [4.78, 5) is 38.5. The number of fused-ring (bicyclic) bond motifs is 1. The van der Waals surface area contributed by atoms with Crippen LogP contribution in [0.2, 0.25) is 0 Å². The molecule has 2 aromatic rings. The minimum absolute atomic E-state index is 0.0242. The van der Waals surface area contributed by atoms with Gasteiger partial charge in [-0.2, -0.15) is 0 Å². The lowest BCUT2D eigenvalue weighted by Crippen LogP contribution is -2.51. The number of hydrogen-bond acceptors (Lipinski definition) is 6. The van der Waals surface area contributed by atoms with Crippen LogP contribution in [0.15, 0.2) is 48.5 Å². The summed E-state index contributed by atoms with van der Waals surface area (Å²) in [6.07, 6.45) is -0.847. The van der Waals surface area contributed by atoms with Gasteiger partial charge >= 0.3 is 5.97 Å². The standard InChI is InChI=1S/C21H22N2O6/c1-22-20(25)18-11-23(16-8-3-4-9-17(16)29-18)19(24)13-28-21(26)15-7-5-6-14(10-15)12-27-2/h3-10,18H,11-13H2,1-2H3,(H,22,25). The summed E-state index contributed by atoms with van der Waals surface area (Å²) in [6, 6.07) is 13.7. The van der Waals surface area contributed by atoms with E-state index in [4.69, 9.17) is 14.2 Å². The van der Waals surface area contributed by atoms with Crippen LogP contribution in [-0.2, 0) is 25.7 Å². The van der Waals surface area contributed by atoms with Crippen molar-refractivity contribution in [2.24, 2.45) is 0 Å². The highest BCUT2D eigenvalue weighted by molar-refractivity contribution is 5.99. The molecule has 3 rings (SSSR count). The molecule has 2 amide bonds. The Bertz CT molecular complexity index is 914. The molecule has 2 aromatic carbocycles. The molecule has 1 aliphatic heterocycles. The van der Waals surface area contributed by atoms with Gasteiger partial charge in [0, 0.05) is 14.2 Å². The number of nitrogens with zero attached hydrogens (tertiary/aromatic N) is 1. The van der Waals surface area contributed by atoms with Crippen LogP contribution in [-0.4, -0.2) is 51.2 Å². The van der Waals surface area contributed by atoms with E-state index in [1.807, 2.05) is 6.07 Å². The van der Waals surface area contributed by atoms with Crippen molar-refractivity contribution in [3.8, 4) is 5.75 Å². The van der Waals surface area contributed by atoms with Gasteiger partial charge < -0.3 is 24.4 Å². The molecule has 152 valence electrons. The Hall–Kier alpha value is -3.39. The smallest absolute Gasteiger partial charge is 0.338 e. The normalized spacial score (nSPS) is 15.1. The quantitative estimate of drug-likeness (QED) is 0.742. The fourth-order valence-corrected chi connectivity index (χ4v) is 3.01. The first-order chi connectivity index (χ1) is 14.0. The predicted octanol–water partition coefficient (Wildman–Crippen LogP) is 1.53. The summed E-state index contributed by atoms with van der Waals surface area (Å²) in [7, 11) is 3.06. The zero-order valence-electron chi connectivity index (χ0n) is 16.2. The van der Waals surface area contributed by atoms with Crippen LogP contribution in [0.25, 0.3) is 0 Å². The topological polar surface area (TPSA) is 94.2 Å². The lowest BCUT2D eigenvalue weighted by Gasteiger charge is -2.33. The van der Waals surface area contributed by atoms with E-state index >= 15 is 0 Å². The molecule has 1 atom stereocenters. The Balaban J connectivity index is 1.70. The number of rotatable bonds is 6. The fourth-order valence-electron chi connectivity index (χ4n) is 3.01. The first-order valence-corrected chi connectivity index (χ1v) is 9.06. The van der Waals surface area contributed by atoms with Crippen LogP contribution in [0.5, 0.6) is 5.75 Å². The van der Waals surface area contributed by atoms with Crippen molar-refractivity contribution in [3.63, 3.8) is 0 Å². The lowest BCUT2D eigenvalue weighted by atomic mass is 10.1. The van der Waals surface area contributed by atoms with Gasteiger partial charge in [-0.05, 0) is 29.8 Å². The summed E-state index contributed by atoms with van der Waals surface area (Å²) in [5.41, 5.74) is 1.68. The van der Waals surface area contributed by atoms with Gasteiger partial charge in [-0.1, -0.05) is 24.3 Å². The van der Waals surface area contributed by atoms with Crippen molar-refractivity contribution in [1.82, 2.24) is 5.32 Å². The number of amides is 2. The van der Waals surface area contributed by atoms with E-state index in [1.165, 1.54) is 11.9 Å².